The first-order chi connectivity index (χ1) is 11.9. The van der Waals surface area contributed by atoms with Gasteiger partial charge in [0.1, 0.15) is 5.75 Å². The van der Waals surface area contributed by atoms with Gasteiger partial charge in [-0.2, -0.15) is 0 Å². The van der Waals surface area contributed by atoms with E-state index in [2.05, 4.69) is 10.3 Å². The van der Waals surface area contributed by atoms with Crippen molar-refractivity contribution in [2.45, 2.75) is 19.4 Å². The average Bonchev–Trinajstić information content (AvgIpc) is 2.99. The van der Waals surface area contributed by atoms with Gasteiger partial charge in [-0.05, 0) is 12.1 Å². The first kappa shape index (κ1) is 16.9. The van der Waals surface area contributed by atoms with Gasteiger partial charge in [-0.15, -0.1) is 11.3 Å². The summed E-state index contributed by atoms with van der Waals surface area (Å²) in [5.74, 6) is -0.613. The summed E-state index contributed by atoms with van der Waals surface area (Å²) >= 11 is 1.19. The number of para-hydroxylation sites is 2. The Labute approximate surface area is 147 Å². The van der Waals surface area contributed by atoms with Gasteiger partial charge >= 0.3 is 0 Å². The van der Waals surface area contributed by atoms with E-state index in [0.29, 0.717) is 22.3 Å². The molecule has 0 spiro atoms. The molecule has 0 radical (unpaired) electrons. The van der Waals surface area contributed by atoms with E-state index in [1.807, 2.05) is 0 Å². The lowest BCUT2D eigenvalue weighted by Gasteiger charge is -2.33. The van der Waals surface area contributed by atoms with Crippen LogP contribution in [0.4, 0.5) is 10.8 Å². The van der Waals surface area contributed by atoms with Gasteiger partial charge < -0.3 is 15.4 Å². The number of fused-ring (bicyclic) bond motifs is 1. The number of benzene rings is 1. The number of hydrogen-bond donors (Lipinski definition) is 2. The highest BCUT2D eigenvalue weighted by atomic mass is 32.1. The Balaban J connectivity index is 1.73. The maximum atomic E-state index is 12.5. The summed E-state index contributed by atoms with van der Waals surface area (Å²) in [6.45, 7) is 1.55. The van der Waals surface area contributed by atoms with Crippen molar-refractivity contribution < 1.29 is 19.1 Å². The molecular weight excluding hydrogens is 344 g/mol. The Kier molecular flexibility index (Phi) is 4.66. The van der Waals surface area contributed by atoms with Crippen molar-refractivity contribution in [2.24, 2.45) is 5.73 Å². The highest BCUT2D eigenvalue weighted by Gasteiger charge is 2.32. The van der Waals surface area contributed by atoms with Crippen LogP contribution >= 0.6 is 11.3 Å². The second-order valence-corrected chi connectivity index (χ2v) is 6.34. The van der Waals surface area contributed by atoms with Crippen LogP contribution in [0, 0.1) is 0 Å². The molecule has 2 aromatic rings. The SMILES string of the molecule is CC(=O)N1CC(C(=O)Nc2nc(CC(N)=O)cs2)Oc2ccccc21. The minimum atomic E-state index is -0.859. The number of anilines is 2. The lowest BCUT2D eigenvalue weighted by Crippen LogP contribution is -2.48. The molecule has 130 valence electrons. The van der Waals surface area contributed by atoms with Crippen LogP contribution in [0.25, 0.3) is 0 Å². The van der Waals surface area contributed by atoms with Crippen LogP contribution in [0.2, 0.25) is 0 Å². The quantitative estimate of drug-likeness (QED) is 0.841. The molecule has 0 saturated carbocycles. The molecule has 1 aliphatic rings. The van der Waals surface area contributed by atoms with E-state index in [9.17, 15) is 14.4 Å². The van der Waals surface area contributed by atoms with Crippen molar-refractivity contribution in [1.82, 2.24) is 4.98 Å². The van der Waals surface area contributed by atoms with Gasteiger partial charge in [0.05, 0.1) is 24.3 Å². The number of carbonyl (C=O) groups is 3. The fourth-order valence-electron chi connectivity index (χ4n) is 2.48. The number of rotatable bonds is 4. The monoisotopic (exact) mass is 360 g/mol. The second-order valence-electron chi connectivity index (χ2n) is 5.48. The van der Waals surface area contributed by atoms with Crippen LogP contribution < -0.4 is 20.7 Å². The van der Waals surface area contributed by atoms with Gasteiger partial charge in [0.15, 0.2) is 11.2 Å². The predicted octanol–water partition coefficient (Wildman–Crippen LogP) is 0.923. The maximum absolute atomic E-state index is 12.5. The van der Waals surface area contributed by atoms with Crippen molar-refractivity contribution >= 4 is 39.9 Å². The zero-order valence-electron chi connectivity index (χ0n) is 13.4. The number of ether oxygens (including phenoxy) is 1. The number of thiazole rings is 1. The summed E-state index contributed by atoms with van der Waals surface area (Å²) in [5.41, 5.74) is 6.25. The third kappa shape index (κ3) is 3.77. The molecule has 0 bridgehead atoms. The Morgan fingerprint density at radius 2 is 2.16 bits per heavy atom. The predicted molar refractivity (Wildman–Crippen MR) is 92.5 cm³/mol. The summed E-state index contributed by atoms with van der Waals surface area (Å²) in [6.07, 6.45) is -0.847. The topological polar surface area (TPSA) is 115 Å². The molecule has 1 aromatic heterocycles. The molecule has 1 aromatic carbocycles. The molecule has 2 heterocycles. The van der Waals surface area contributed by atoms with Crippen molar-refractivity contribution in [3.8, 4) is 5.75 Å². The van der Waals surface area contributed by atoms with E-state index in [1.54, 1.807) is 29.6 Å². The van der Waals surface area contributed by atoms with Crippen LogP contribution in [0.15, 0.2) is 29.6 Å². The fourth-order valence-corrected chi connectivity index (χ4v) is 3.19. The molecule has 1 aliphatic heterocycles. The lowest BCUT2D eigenvalue weighted by atomic mass is 10.2. The van der Waals surface area contributed by atoms with E-state index in [0.717, 1.165) is 0 Å². The number of primary amides is 1. The van der Waals surface area contributed by atoms with Gasteiger partial charge in [-0.25, -0.2) is 4.98 Å². The Morgan fingerprint density at radius 3 is 2.88 bits per heavy atom. The standard InChI is InChI=1S/C16H16N4O4S/c1-9(21)20-7-13(24-12-5-3-2-4-11(12)20)15(23)19-16-18-10(8-25-16)6-14(17)22/h2-5,8,13H,6-7H2,1H3,(H2,17,22)(H,18,19,23). The molecule has 1 unspecified atom stereocenters. The summed E-state index contributed by atoms with van der Waals surface area (Å²) in [4.78, 5) is 40.9. The highest BCUT2D eigenvalue weighted by molar-refractivity contribution is 7.13. The second kappa shape index (κ2) is 6.89. The molecule has 8 nitrogen and oxygen atoms in total. The third-order valence-electron chi connectivity index (χ3n) is 3.58. The fraction of sp³-hybridized carbons (Fsp3) is 0.250. The number of nitrogens with zero attached hydrogens (tertiary/aromatic N) is 2. The van der Waals surface area contributed by atoms with Gasteiger partial charge in [-0.1, -0.05) is 12.1 Å². The number of carbonyl (C=O) groups excluding carboxylic acids is 3. The van der Waals surface area contributed by atoms with Gasteiger partial charge in [0, 0.05) is 12.3 Å². The van der Waals surface area contributed by atoms with E-state index in [1.165, 1.54) is 23.2 Å². The number of hydrogen-bond acceptors (Lipinski definition) is 6. The highest BCUT2D eigenvalue weighted by Crippen LogP contribution is 2.33. The number of amides is 3. The number of nitrogens with two attached hydrogens (primary N) is 1. The molecule has 3 rings (SSSR count). The number of aromatic nitrogens is 1. The normalized spacial score (nSPS) is 15.9. The molecule has 0 aliphatic carbocycles. The Hall–Kier alpha value is -2.94. The summed E-state index contributed by atoms with van der Waals surface area (Å²) in [6, 6.07) is 7.05. The summed E-state index contributed by atoms with van der Waals surface area (Å²) in [5, 5.41) is 4.65. The number of nitrogens with one attached hydrogen (secondary N) is 1. The van der Waals surface area contributed by atoms with E-state index >= 15 is 0 Å². The molecule has 3 amide bonds. The van der Waals surface area contributed by atoms with Gasteiger partial charge in [0.2, 0.25) is 11.8 Å². The van der Waals surface area contributed by atoms with Gasteiger partial charge in [-0.3, -0.25) is 19.7 Å². The summed E-state index contributed by atoms with van der Waals surface area (Å²) in [7, 11) is 0. The lowest BCUT2D eigenvalue weighted by molar-refractivity contribution is -0.123. The third-order valence-corrected chi connectivity index (χ3v) is 4.39. The minimum Gasteiger partial charge on any atom is -0.476 e. The Bertz CT molecular complexity index is 835. The van der Waals surface area contributed by atoms with Crippen molar-refractivity contribution in [3.05, 3.63) is 35.3 Å². The van der Waals surface area contributed by atoms with Crippen LogP contribution in [0.1, 0.15) is 12.6 Å². The minimum absolute atomic E-state index is 0.0117. The smallest absolute Gasteiger partial charge is 0.269 e. The molecule has 0 saturated heterocycles. The van der Waals surface area contributed by atoms with Crippen LogP contribution in [-0.2, 0) is 20.8 Å². The van der Waals surface area contributed by atoms with Crippen LogP contribution in [0.3, 0.4) is 0 Å². The van der Waals surface area contributed by atoms with Crippen LogP contribution in [0.5, 0.6) is 5.75 Å². The van der Waals surface area contributed by atoms with E-state index in [-0.39, 0.29) is 18.9 Å². The van der Waals surface area contributed by atoms with Crippen molar-refractivity contribution in [2.75, 3.05) is 16.8 Å². The zero-order valence-corrected chi connectivity index (χ0v) is 14.2. The summed E-state index contributed by atoms with van der Waals surface area (Å²) < 4.78 is 5.71. The zero-order chi connectivity index (χ0) is 18.0. The maximum Gasteiger partial charge on any atom is 0.269 e. The average molecular weight is 360 g/mol. The van der Waals surface area contributed by atoms with Gasteiger partial charge in [0.25, 0.3) is 5.91 Å². The molecular formula is C16H16N4O4S. The molecule has 3 N–H and O–H groups in total. The van der Waals surface area contributed by atoms with Crippen LogP contribution in [-0.4, -0.2) is 35.4 Å². The molecule has 9 heteroatoms. The molecule has 1 atom stereocenters. The first-order valence-corrected chi connectivity index (χ1v) is 8.39. The van der Waals surface area contributed by atoms with E-state index in [4.69, 9.17) is 10.5 Å². The van der Waals surface area contributed by atoms with Crippen molar-refractivity contribution in [1.29, 1.82) is 0 Å². The Morgan fingerprint density at radius 1 is 1.40 bits per heavy atom. The van der Waals surface area contributed by atoms with E-state index < -0.39 is 17.9 Å². The largest absolute Gasteiger partial charge is 0.476 e. The first-order valence-electron chi connectivity index (χ1n) is 7.51. The van der Waals surface area contributed by atoms with Crippen molar-refractivity contribution in [3.63, 3.8) is 0 Å². The molecule has 0 fully saturated rings. The molecule has 25 heavy (non-hydrogen) atoms.